The molecule has 5 aromatic rings. The third-order valence-electron chi connectivity index (χ3n) is 5.22. The molecule has 0 aliphatic heterocycles. The second-order valence-electron chi connectivity index (χ2n) is 7.07. The molecule has 2 heteroatoms. The highest BCUT2D eigenvalue weighted by Gasteiger charge is 2.08. The Morgan fingerprint density at radius 2 is 1.31 bits per heavy atom. The molecule has 0 bridgehead atoms. The largest absolute Gasteiger partial charge is 0.507 e. The predicted octanol–water partition coefficient (Wildman–Crippen LogP) is 7.12. The smallest absolute Gasteiger partial charge is 0.132 e. The maximum absolute atomic E-state index is 10.8. The van der Waals surface area contributed by atoms with Crippen LogP contribution in [0.2, 0.25) is 0 Å². The highest BCUT2D eigenvalue weighted by atomic mass is 16.3. The quantitative estimate of drug-likeness (QED) is 0.265. The van der Waals surface area contributed by atoms with Crippen LogP contribution in [0, 0.1) is 0 Å². The summed E-state index contributed by atoms with van der Waals surface area (Å²) >= 11 is 0. The Kier molecular flexibility index (Phi) is 4.30. The fourth-order valence-electron chi connectivity index (χ4n) is 3.72. The van der Waals surface area contributed by atoms with Crippen LogP contribution in [0.3, 0.4) is 0 Å². The maximum Gasteiger partial charge on any atom is 0.132 e. The van der Waals surface area contributed by atoms with E-state index in [2.05, 4.69) is 36.4 Å². The summed E-state index contributed by atoms with van der Waals surface area (Å²) in [7, 11) is 0. The van der Waals surface area contributed by atoms with Gasteiger partial charge in [-0.15, -0.1) is 0 Å². The second-order valence-corrected chi connectivity index (χ2v) is 7.07. The van der Waals surface area contributed by atoms with Crippen molar-refractivity contribution < 1.29 is 5.11 Å². The number of hydrogen-bond donors (Lipinski definition) is 1. The van der Waals surface area contributed by atoms with E-state index in [1.54, 1.807) is 6.21 Å². The summed E-state index contributed by atoms with van der Waals surface area (Å²) < 4.78 is 0. The van der Waals surface area contributed by atoms with E-state index in [9.17, 15) is 5.11 Å². The minimum atomic E-state index is 0.244. The van der Waals surface area contributed by atoms with Crippen molar-refractivity contribution in [3.63, 3.8) is 0 Å². The molecule has 0 radical (unpaired) electrons. The van der Waals surface area contributed by atoms with Gasteiger partial charge in [0.25, 0.3) is 0 Å². The van der Waals surface area contributed by atoms with Crippen LogP contribution in [0.15, 0.2) is 108 Å². The van der Waals surface area contributed by atoms with Crippen LogP contribution in [0.1, 0.15) is 5.56 Å². The molecule has 5 aromatic carbocycles. The van der Waals surface area contributed by atoms with Gasteiger partial charge in [-0.05, 0) is 46.0 Å². The molecular weight excluding hydrogens is 354 g/mol. The first-order valence-electron chi connectivity index (χ1n) is 9.62. The summed E-state index contributed by atoms with van der Waals surface area (Å²) in [4.78, 5) is 4.72. The first-order chi connectivity index (χ1) is 14.3. The van der Waals surface area contributed by atoms with Crippen LogP contribution < -0.4 is 0 Å². The Morgan fingerprint density at radius 1 is 0.621 bits per heavy atom. The standard InChI is InChI=1S/C27H19NO/c29-27-23(13-6-14-24(27)19-8-2-1-3-9-19)18-28-26-15-7-12-22-16-20-10-4-5-11-21(20)17-25(22)26/h1-18,29H/b28-18+. The number of aliphatic imine (C=N–C) groups is 1. The molecule has 5 rings (SSSR count). The van der Waals surface area contributed by atoms with E-state index in [0.29, 0.717) is 5.56 Å². The van der Waals surface area contributed by atoms with Crippen molar-refractivity contribution in [2.45, 2.75) is 0 Å². The van der Waals surface area contributed by atoms with Crippen LogP contribution in [0.4, 0.5) is 5.69 Å². The number of phenols is 1. The number of hydrogen-bond acceptors (Lipinski definition) is 2. The average molecular weight is 373 g/mol. The van der Waals surface area contributed by atoms with Gasteiger partial charge in [-0.2, -0.15) is 0 Å². The Balaban J connectivity index is 1.59. The number of rotatable bonds is 3. The van der Waals surface area contributed by atoms with Crippen LogP contribution in [-0.2, 0) is 0 Å². The Labute approximate surface area is 169 Å². The molecule has 0 atom stereocenters. The zero-order chi connectivity index (χ0) is 19.6. The van der Waals surface area contributed by atoms with E-state index in [0.717, 1.165) is 27.6 Å². The van der Waals surface area contributed by atoms with Gasteiger partial charge >= 0.3 is 0 Å². The van der Waals surface area contributed by atoms with E-state index < -0.39 is 0 Å². The zero-order valence-corrected chi connectivity index (χ0v) is 15.8. The van der Waals surface area contributed by atoms with Gasteiger partial charge in [-0.3, -0.25) is 4.99 Å². The predicted molar refractivity (Wildman–Crippen MR) is 122 cm³/mol. The molecule has 0 saturated heterocycles. The van der Waals surface area contributed by atoms with Crippen LogP contribution in [0.5, 0.6) is 5.75 Å². The molecule has 0 aliphatic rings. The molecule has 2 nitrogen and oxygen atoms in total. The highest BCUT2D eigenvalue weighted by molar-refractivity contribution is 6.04. The Hall–Kier alpha value is -3.91. The zero-order valence-electron chi connectivity index (χ0n) is 15.8. The molecule has 0 amide bonds. The van der Waals surface area contributed by atoms with Gasteiger partial charge in [-0.1, -0.05) is 78.9 Å². The Morgan fingerprint density at radius 3 is 2.14 bits per heavy atom. The maximum atomic E-state index is 10.8. The van der Waals surface area contributed by atoms with Crippen molar-refractivity contribution in [3.8, 4) is 16.9 Å². The molecule has 0 saturated carbocycles. The molecule has 138 valence electrons. The lowest BCUT2D eigenvalue weighted by molar-refractivity contribution is 0.476. The lowest BCUT2D eigenvalue weighted by Gasteiger charge is -2.08. The number of para-hydroxylation sites is 1. The molecule has 0 aliphatic carbocycles. The van der Waals surface area contributed by atoms with E-state index in [1.807, 2.05) is 66.7 Å². The third kappa shape index (κ3) is 3.26. The lowest BCUT2D eigenvalue weighted by atomic mass is 10.0. The van der Waals surface area contributed by atoms with Crippen molar-refractivity contribution in [3.05, 3.63) is 109 Å². The van der Waals surface area contributed by atoms with Gasteiger partial charge < -0.3 is 5.11 Å². The second kappa shape index (κ2) is 7.25. The van der Waals surface area contributed by atoms with Gasteiger partial charge in [0.2, 0.25) is 0 Å². The van der Waals surface area contributed by atoms with Crippen molar-refractivity contribution in [1.29, 1.82) is 0 Å². The van der Waals surface area contributed by atoms with E-state index in [1.165, 1.54) is 10.8 Å². The fraction of sp³-hybridized carbons (Fsp3) is 0. The van der Waals surface area contributed by atoms with E-state index in [4.69, 9.17) is 4.99 Å². The van der Waals surface area contributed by atoms with Gasteiger partial charge in [-0.25, -0.2) is 0 Å². The molecule has 0 fully saturated rings. The van der Waals surface area contributed by atoms with Crippen LogP contribution >= 0.6 is 0 Å². The summed E-state index contributed by atoms with van der Waals surface area (Å²) in [6.07, 6.45) is 1.74. The monoisotopic (exact) mass is 373 g/mol. The topological polar surface area (TPSA) is 32.6 Å². The van der Waals surface area contributed by atoms with Gasteiger partial charge in [0.15, 0.2) is 0 Å². The first kappa shape index (κ1) is 17.2. The third-order valence-corrected chi connectivity index (χ3v) is 5.22. The number of fused-ring (bicyclic) bond motifs is 2. The molecule has 1 N–H and O–H groups in total. The number of nitrogens with zero attached hydrogens (tertiary/aromatic N) is 1. The molecule has 0 unspecified atom stereocenters. The van der Waals surface area contributed by atoms with Gasteiger partial charge in [0.05, 0.1) is 5.69 Å². The summed E-state index contributed by atoms with van der Waals surface area (Å²) in [5.41, 5.74) is 3.37. The summed E-state index contributed by atoms with van der Waals surface area (Å²) in [5, 5.41) is 15.4. The van der Waals surface area contributed by atoms with Crippen molar-refractivity contribution in [2.75, 3.05) is 0 Å². The Bertz CT molecular complexity index is 1350. The SMILES string of the molecule is Oc1c(/C=N/c2cccc3cc4ccccc4cc23)cccc1-c1ccccc1. The number of aromatic hydroxyl groups is 1. The van der Waals surface area contributed by atoms with Gasteiger partial charge in [0, 0.05) is 22.7 Å². The molecular formula is C27H19NO. The molecule has 0 spiro atoms. The van der Waals surface area contributed by atoms with Gasteiger partial charge in [0.1, 0.15) is 5.75 Å². The van der Waals surface area contributed by atoms with Crippen LogP contribution in [-0.4, -0.2) is 11.3 Å². The van der Waals surface area contributed by atoms with Crippen molar-refractivity contribution >= 4 is 33.4 Å². The van der Waals surface area contributed by atoms with Crippen molar-refractivity contribution in [1.82, 2.24) is 0 Å². The fourth-order valence-corrected chi connectivity index (χ4v) is 3.72. The average Bonchev–Trinajstić information content (AvgIpc) is 2.77. The normalized spacial score (nSPS) is 11.4. The van der Waals surface area contributed by atoms with E-state index >= 15 is 0 Å². The van der Waals surface area contributed by atoms with E-state index in [-0.39, 0.29) is 5.75 Å². The molecule has 0 aromatic heterocycles. The molecule has 0 heterocycles. The minimum Gasteiger partial charge on any atom is -0.507 e. The number of benzene rings is 5. The first-order valence-corrected chi connectivity index (χ1v) is 9.62. The summed E-state index contributed by atoms with van der Waals surface area (Å²) in [5.74, 6) is 0.244. The van der Waals surface area contributed by atoms with Crippen molar-refractivity contribution in [2.24, 2.45) is 4.99 Å². The molecule has 29 heavy (non-hydrogen) atoms. The lowest BCUT2D eigenvalue weighted by Crippen LogP contribution is -1.86. The number of phenolic OH excluding ortho intramolecular Hbond substituents is 1. The van der Waals surface area contributed by atoms with Crippen LogP contribution in [0.25, 0.3) is 32.7 Å². The highest BCUT2D eigenvalue weighted by Crippen LogP contribution is 2.33. The minimum absolute atomic E-state index is 0.244. The summed E-state index contributed by atoms with van der Waals surface area (Å²) in [6.45, 7) is 0. The summed E-state index contributed by atoms with van der Waals surface area (Å²) in [6, 6.07) is 34.5.